The molecule has 2 saturated heterocycles. The number of nitro groups is 1. The second-order valence-electron chi connectivity index (χ2n) is 10.3. The third kappa shape index (κ3) is 6.46. The Morgan fingerprint density at radius 1 is 1.15 bits per heavy atom. The normalized spacial score (nSPS) is 19.6. The van der Waals surface area contributed by atoms with E-state index in [-0.39, 0.29) is 23.6 Å². The Morgan fingerprint density at radius 2 is 1.90 bits per heavy atom. The highest BCUT2D eigenvalue weighted by atomic mass is 16.6. The number of aliphatic hydroxyl groups excluding tert-OH is 1. The van der Waals surface area contributed by atoms with Crippen LogP contribution < -0.4 is 4.74 Å². The van der Waals surface area contributed by atoms with E-state index < -0.39 is 22.7 Å². The summed E-state index contributed by atoms with van der Waals surface area (Å²) in [6, 6.07) is 10.1. The molecule has 2 aliphatic rings. The predicted octanol–water partition coefficient (Wildman–Crippen LogP) is 4.08. The van der Waals surface area contributed by atoms with E-state index in [0.717, 1.165) is 13.1 Å². The first kappa shape index (κ1) is 28.3. The number of likely N-dealkylation sites (tertiary alicyclic amines) is 1. The van der Waals surface area contributed by atoms with Gasteiger partial charge in [-0.1, -0.05) is 26.0 Å². The summed E-state index contributed by atoms with van der Waals surface area (Å²) in [7, 11) is 0. The fourth-order valence-corrected chi connectivity index (χ4v) is 4.95. The summed E-state index contributed by atoms with van der Waals surface area (Å²) in [5, 5.41) is 22.9. The number of hydrogen-bond acceptors (Lipinski definition) is 8. The number of carbonyl (C=O) groups excluding carboxylic acids is 2. The number of non-ortho nitro benzene ring substituents is 1. The van der Waals surface area contributed by atoms with Crippen molar-refractivity contribution in [1.29, 1.82) is 0 Å². The van der Waals surface area contributed by atoms with Gasteiger partial charge in [0.25, 0.3) is 17.4 Å². The number of morpholine rings is 1. The number of nitro benzene ring substituents is 1. The summed E-state index contributed by atoms with van der Waals surface area (Å²) >= 11 is 0. The number of aryl methyl sites for hydroxylation is 1. The van der Waals surface area contributed by atoms with E-state index in [0.29, 0.717) is 61.1 Å². The summed E-state index contributed by atoms with van der Waals surface area (Å²) in [5.74, 6) is -0.878. The van der Waals surface area contributed by atoms with Gasteiger partial charge in [0.05, 0.1) is 36.4 Å². The summed E-state index contributed by atoms with van der Waals surface area (Å²) in [6.07, 6.45) is 0.597. The molecule has 2 aliphatic heterocycles. The van der Waals surface area contributed by atoms with Gasteiger partial charge in [-0.15, -0.1) is 0 Å². The van der Waals surface area contributed by atoms with Crippen LogP contribution in [-0.4, -0.2) is 77.5 Å². The highest BCUT2D eigenvalue weighted by Gasteiger charge is 2.46. The second-order valence-corrected chi connectivity index (χ2v) is 10.3. The summed E-state index contributed by atoms with van der Waals surface area (Å²) in [4.78, 5) is 41.3. The van der Waals surface area contributed by atoms with E-state index in [1.807, 2.05) is 13.8 Å². The Bertz CT molecular complexity index is 1270. The number of aliphatic hydroxyl groups is 1. The Labute approximate surface area is 228 Å². The highest BCUT2D eigenvalue weighted by Crippen LogP contribution is 2.41. The number of amides is 1. The second kappa shape index (κ2) is 12.4. The lowest BCUT2D eigenvalue weighted by Gasteiger charge is -2.29. The van der Waals surface area contributed by atoms with Crippen molar-refractivity contribution in [2.24, 2.45) is 5.92 Å². The molecule has 2 heterocycles. The van der Waals surface area contributed by atoms with Crippen LogP contribution in [0.3, 0.4) is 0 Å². The van der Waals surface area contributed by atoms with Gasteiger partial charge in [-0.25, -0.2) is 0 Å². The predicted molar refractivity (Wildman–Crippen MR) is 145 cm³/mol. The Morgan fingerprint density at radius 3 is 2.56 bits per heavy atom. The standard InChI is InChI=1S/C29H35N3O7/c1-19(2)18-39-23-8-9-24(20(3)16-23)27(33)25-26(21-6-4-7-22(17-21)32(36)37)31(29(35)28(25)34)11-5-10-30-12-14-38-15-13-30/h4,6-9,16-17,19,26,33H,5,10-15,18H2,1-3H3/b27-25+. The molecule has 2 fully saturated rings. The summed E-state index contributed by atoms with van der Waals surface area (Å²) in [5.41, 5.74) is 1.23. The molecule has 2 aromatic carbocycles. The zero-order valence-corrected chi connectivity index (χ0v) is 22.6. The average Bonchev–Trinajstić information content (AvgIpc) is 3.17. The largest absolute Gasteiger partial charge is 0.507 e. The van der Waals surface area contributed by atoms with Gasteiger partial charge in [0, 0.05) is 43.9 Å². The lowest BCUT2D eigenvalue weighted by Crippen LogP contribution is -2.39. The number of hydrogen-bond donors (Lipinski definition) is 1. The van der Waals surface area contributed by atoms with Crippen LogP contribution in [0.2, 0.25) is 0 Å². The lowest BCUT2D eigenvalue weighted by atomic mass is 9.93. The minimum absolute atomic E-state index is 0.0779. The van der Waals surface area contributed by atoms with Crippen molar-refractivity contribution < 1.29 is 29.1 Å². The van der Waals surface area contributed by atoms with E-state index in [9.17, 15) is 24.8 Å². The first-order chi connectivity index (χ1) is 18.7. The number of ketones is 1. The van der Waals surface area contributed by atoms with Gasteiger partial charge in [0.15, 0.2) is 0 Å². The zero-order valence-electron chi connectivity index (χ0n) is 22.6. The van der Waals surface area contributed by atoms with Gasteiger partial charge in [0.1, 0.15) is 11.5 Å². The molecule has 1 amide bonds. The topological polar surface area (TPSA) is 122 Å². The molecule has 1 atom stereocenters. The van der Waals surface area contributed by atoms with Crippen LogP contribution in [0.25, 0.3) is 5.76 Å². The molecular weight excluding hydrogens is 502 g/mol. The Hall–Kier alpha value is -3.76. The molecule has 0 aromatic heterocycles. The molecule has 0 radical (unpaired) electrons. The number of carbonyl (C=O) groups is 2. The molecule has 4 rings (SSSR count). The van der Waals surface area contributed by atoms with Crippen LogP contribution in [-0.2, 0) is 14.3 Å². The van der Waals surface area contributed by atoms with Crippen LogP contribution in [0.5, 0.6) is 5.75 Å². The molecule has 0 aliphatic carbocycles. The van der Waals surface area contributed by atoms with E-state index in [2.05, 4.69) is 4.90 Å². The van der Waals surface area contributed by atoms with Crippen LogP contribution in [0.1, 0.15) is 43.0 Å². The van der Waals surface area contributed by atoms with Crippen molar-refractivity contribution in [1.82, 2.24) is 9.80 Å². The molecule has 0 bridgehead atoms. The van der Waals surface area contributed by atoms with Gasteiger partial charge >= 0.3 is 0 Å². The number of nitrogens with zero attached hydrogens (tertiary/aromatic N) is 3. The fourth-order valence-electron chi connectivity index (χ4n) is 4.95. The lowest BCUT2D eigenvalue weighted by molar-refractivity contribution is -0.384. The van der Waals surface area contributed by atoms with Crippen molar-refractivity contribution in [3.8, 4) is 5.75 Å². The van der Waals surface area contributed by atoms with Crippen molar-refractivity contribution in [2.75, 3.05) is 46.0 Å². The molecular formula is C29H35N3O7. The molecule has 0 spiro atoms. The quantitative estimate of drug-likeness (QED) is 0.158. The van der Waals surface area contributed by atoms with Gasteiger partial charge < -0.3 is 19.5 Å². The van der Waals surface area contributed by atoms with Crippen molar-refractivity contribution in [3.05, 3.63) is 74.8 Å². The van der Waals surface area contributed by atoms with E-state index in [1.165, 1.54) is 23.1 Å². The van der Waals surface area contributed by atoms with Crippen LogP contribution in [0, 0.1) is 23.0 Å². The summed E-state index contributed by atoms with van der Waals surface area (Å²) in [6.45, 7) is 10.3. The Kier molecular flexibility index (Phi) is 8.98. The average molecular weight is 538 g/mol. The highest BCUT2D eigenvalue weighted by molar-refractivity contribution is 6.46. The molecule has 1 N–H and O–H groups in total. The van der Waals surface area contributed by atoms with E-state index >= 15 is 0 Å². The number of Topliss-reactive ketones (excluding diaryl/α,β-unsaturated/α-hetero) is 1. The fraction of sp³-hybridized carbons (Fsp3) is 0.448. The Balaban J connectivity index is 1.70. The molecule has 0 saturated carbocycles. The van der Waals surface area contributed by atoms with Crippen LogP contribution in [0.15, 0.2) is 48.0 Å². The third-order valence-electron chi connectivity index (χ3n) is 6.95. The maximum absolute atomic E-state index is 13.4. The van der Waals surface area contributed by atoms with Crippen molar-refractivity contribution in [2.45, 2.75) is 33.2 Å². The molecule has 208 valence electrons. The van der Waals surface area contributed by atoms with Crippen LogP contribution in [0.4, 0.5) is 5.69 Å². The number of rotatable bonds is 10. The van der Waals surface area contributed by atoms with Crippen molar-refractivity contribution in [3.63, 3.8) is 0 Å². The van der Waals surface area contributed by atoms with Gasteiger partial charge in [-0.05, 0) is 48.6 Å². The minimum atomic E-state index is -0.953. The van der Waals surface area contributed by atoms with Gasteiger partial charge in [0.2, 0.25) is 0 Å². The molecule has 1 unspecified atom stereocenters. The first-order valence-electron chi connectivity index (χ1n) is 13.2. The third-order valence-corrected chi connectivity index (χ3v) is 6.95. The molecule has 2 aromatic rings. The maximum Gasteiger partial charge on any atom is 0.295 e. The van der Waals surface area contributed by atoms with E-state index in [1.54, 1.807) is 31.2 Å². The molecule has 10 heteroatoms. The summed E-state index contributed by atoms with van der Waals surface area (Å²) < 4.78 is 11.2. The van der Waals surface area contributed by atoms with Gasteiger partial charge in [-0.3, -0.25) is 24.6 Å². The SMILES string of the molecule is Cc1cc(OCC(C)C)ccc1/C(O)=C1\C(=O)C(=O)N(CCCN2CCOCC2)C1c1cccc([N+](=O)[O-])c1. The molecule has 39 heavy (non-hydrogen) atoms. The molecule has 10 nitrogen and oxygen atoms in total. The van der Waals surface area contributed by atoms with Gasteiger partial charge in [-0.2, -0.15) is 0 Å². The number of ether oxygens (including phenoxy) is 2. The zero-order chi connectivity index (χ0) is 28.1. The minimum Gasteiger partial charge on any atom is -0.507 e. The monoisotopic (exact) mass is 537 g/mol. The first-order valence-corrected chi connectivity index (χ1v) is 13.2. The number of benzene rings is 2. The maximum atomic E-state index is 13.4. The van der Waals surface area contributed by atoms with E-state index in [4.69, 9.17) is 9.47 Å². The van der Waals surface area contributed by atoms with Crippen LogP contribution >= 0.6 is 0 Å². The van der Waals surface area contributed by atoms with Crippen molar-refractivity contribution >= 4 is 23.1 Å². The smallest absolute Gasteiger partial charge is 0.295 e.